The third kappa shape index (κ3) is 4.77. The van der Waals surface area contributed by atoms with Gasteiger partial charge in [0.2, 0.25) is 0 Å². The summed E-state index contributed by atoms with van der Waals surface area (Å²) in [7, 11) is 2.18. The van der Waals surface area contributed by atoms with Crippen molar-refractivity contribution in [3.05, 3.63) is 11.9 Å². The molecule has 2 aliphatic heterocycles. The number of nitrogens with two attached hydrogens (primary N) is 1. The first-order valence-corrected chi connectivity index (χ1v) is 9.49. The van der Waals surface area contributed by atoms with E-state index in [0.717, 1.165) is 58.5 Å². The molecule has 140 valence electrons. The number of hydrogen-bond acceptors (Lipinski definition) is 6. The van der Waals surface area contributed by atoms with Gasteiger partial charge in [0.1, 0.15) is 0 Å². The lowest BCUT2D eigenvalue weighted by molar-refractivity contribution is 0.0564. The van der Waals surface area contributed by atoms with Crippen molar-refractivity contribution in [2.45, 2.75) is 38.3 Å². The first kappa shape index (κ1) is 18.3. The molecular weight excluding hydrogens is 318 g/mol. The summed E-state index contributed by atoms with van der Waals surface area (Å²) in [5.41, 5.74) is 5.98. The van der Waals surface area contributed by atoms with E-state index in [4.69, 9.17) is 5.73 Å². The fourth-order valence-electron chi connectivity index (χ4n) is 3.76. The molecule has 1 aromatic heterocycles. The maximum Gasteiger partial charge on any atom is 0.276 e. The number of carbonyl (C=O) groups excluding carboxylic acids is 1. The second-order valence-electron chi connectivity index (χ2n) is 7.24. The molecule has 1 aromatic rings. The number of hydrogen-bond donors (Lipinski definition) is 1. The average Bonchev–Trinajstić information content (AvgIpc) is 3.10. The van der Waals surface area contributed by atoms with Crippen molar-refractivity contribution in [3.8, 4) is 0 Å². The van der Waals surface area contributed by atoms with Gasteiger partial charge in [0, 0.05) is 51.9 Å². The topological polar surface area (TPSA) is 83.5 Å². The normalized spacial score (nSPS) is 23.1. The molecule has 0 spiro atoms. The molecule has 2 fully saturated rings. The minimum atomic E-state index is 0.0198. The first-order valence-electron chi connectivity index (χ1n) is 9.49. The van der Waals surface area contributed by atoms with Crippen LogP contribution in [0.25, 0.3) is 0 Å². The van der Waals surface area contributed by atoms with Crippen LogP contribution in [0.3, 0.4) is 0 Å². The lowest BCUT2D eigenvalue weighted by atomic mass is 9.98. The molecule has 2 aliphatic rings. The second-order valence-corrected chi connectivity index (χ2v) is 7.24. The van der Waals surface area contributed by atoms with Gasteiger partial charge in [-0.1, -0.05) is 5.21 Å². The summed E-state index contributed by atoms with van der Waals surface area (Å²) in [5.74, 6) is 0.0198. The van der Waals surface area contributed by atoms with Gasteiger partial charge < -0.3 is 20.4 Å². The molecule has 0 radical (unpaired) electrons. The van der Waals surface area contributed by atoms with E-state index in [2.05, 4.69) is 27.2 Å². The minimum Gasteiger partial charge on any atom is -0.334 e. The predicted octanol–water partition coefficient (Wildman–Crippen LogP) is -0.131. The van der Waals surface area contributed by atoms with Gasteiger partial charge in [-0.3, -0.25) is 9.48 Å². The number of carbonyl (C=O) groups is 1. The Morgan fingerprint density at radius 3 is 2.76 bits per heavy atom. The van der Waals surface area contributed by atoms with E-state index in [1.807, 2.05) is 4.90 Å². The van der Waals surface area contributed by atoms with Crippen LogP contribution in [0.4, 0.5) is 0 Å². The Balaban J connectivity index is 1.57. The summed E-state index contributed by atoms with van der Waals surface area (Å²) in [6.07, 6.45) is 6.15. The first-order chi connectivity index (χ1) is 12.2. The summed E-state index contributed by atoms with van der Waals surface area (Å²) in [6, 6.07) is 0.320. The van der Waals surface area contributed by atoms with Crippen molar-refractivity contribution in [1.29, 1.82) is 0 Å². The van der Waals surface area contributed by atoms with Crippen molar-refractivity contribution in [1.82, 2.24) is 29.7 Å². The van der Waals surface area contributed by atoms with E-state index in [0.29, 0.717) is 24.8 Å². The lowest BCUT2D eigenvalue weighted by Crippen LogP contribution is -2.48. The van der Waals surface area contributed by atoms with Crippen molar-refractivity contribution in [2.24, 2.45) is 5.73 Å². The highest BCUT2D eigenvalue weighted by Crippen LogP contribution is 2.22. The molecule has 3 rings (SSSR count). The molecule has 25 heavy (non-hydrogen) atoms. The predicted molar refractivity (Wildman–Crippen MR) is 96.3 cm³/mol. The third-order valence-corrected chi connectivity index (χ3v) is 5.38. The van der Waals surface area contributed by atoms with E-state index in [1.165, 1.54) is 6.42 Å². The maximum absolute atomic E-state index is 12.9. The number of piperazine rings is 1. The number of nitrogens with zero attached hydrogens (tertiary/aromatic N) is 6. The molecule has 3 heterocycles. The SMILES string of the molecule is CN1CCN(CCC2CCCCN2C(=O)c2cn(CCN)nn2)CC1. The van der Waals surface area contributed by atoms with E-state index in [-0.39, 0.29) is 5.91 Å². The van der Waals surface area contributed by atoms with Crippen LogP contribution < -0.4 is 5.73 Å². The Morgan fingerprint density at radius 2 is 2.00 bits per heavy atom. The minimum absolute atomic E-state index is 0.0198. The second kappa shape index (κ2) is 8.73. The van der Waals surface area contributed by atoms with Crippen LogP contribution in [0.2, 0.25) is 0 Å². The molecule has 1 amide bonds. The van der Waals surface area contributed by atoms with Crippen LogP contribution in [0, 0.1) is 0 Å². The highest BCUT2D eigenvalue weighted by molar-refractivity contribution is 5.92. The zero-order valence-electron chi connectivity index (χ0n) is 15.3. The molecule has 0 saturated carbocycles. The fraction of sp³-hybridized carbons (Fsp3) is 0.824. The van der Waals surface area contributed by atoms with E-state index < -0.39 is 0 Å². The van der Waals surface area contributed by atoms with E-state index in [1.54, 1.807) is 10.9 Å². The van der Waals surface area contributed by atoms with Crippen LogP contribution in [0.15, 0.2) is 6.20 Å². The summed E-state index contributed by atoms with van der Waals surface area (Å²) in [4.78, 5) is 19.8. The smallest absolute Gasteiger partial charge is 0.276 e. The van der Waals surface area contributed by atoms with Crippen LogP contribution in [0.5, 0.6) is 0 Å². The molecule has 1 unspecified atom stereocenters. The zero-order valence-corrected chi connectivity index (χ0v) is 15.3. The van der Waals surface area contributed by atoms with Gasteiger partial charge in [0.15, 0.2) is 5.69 Å². The summed E-state index contributed by atoms with van der Waals surface area (Å²) in [6.45, 7) is 7.52. The van der Waals surface area contributed by atoms with Crippen molar-refractivity contribution < 1.29 is 4.79 Å². The van der Waals surface area contributed by atoms with Gasteiger partial charge in [0.25, 0.3) is 5.91 Å². The Kier molecular flexibility index (Phi) is 6.39. The molecule has 2 saturated heterocycles. The molecule has 8 heteroatoms. The number of piperidine rings is 1. The zero-order chi connectivity index (χ0) is 17.6. The van der Waals surface area contributed by atoms with Gasteiger partial charge in [-0.2, -0.15) is 0 Å². The van der Waals surface area contributed by atoms with Gasteiger partial charge >= 0.3 is 0 Å². The summed E-state index contributed by atoms with van der Waals surface area (Å²) >= 11 is 0. The number of likely N-dealkylation sites (N-methyl/N-ethyl adjacent to an activating group) is 1. The monoisotopic (exact) mass is 349 g/mol. The van der Waals surface area contributed by atoms with Crippen molar-refractivity contribution in [3.63, 3.8) is 0 Å². The Morgan fingerprint density at radius 1 is 1.20 bits per heavy atom. The Labute approximate surface area is 149 Å². The van der Waals surface area contributed by atoms with Crippen LogP contribution in [0.1, 0.15) is 36.2 Å². The third-order valence-electron chi connectivity index (χ3n) is 5.38. The molecular formula is C17H31N7O. The molecule has 1 atom stereocenters. The van der Waals surface area contributed by atoms with Gasteiger partial charge in [-0.25, -0.2) is 0 Å². The fourth-order valence-corrected chi connectivity index (χ4v) is 3.76. The molecule has 0 aromatic carbocycles. The number of amides is 1. The number of aromatic nitrogens is 3. The van der Waals surface area contributed by atoms with Crippen LogP contribution in [-0.2, 0) is 6.54 Å². The van der Waals surface area contributed by atoms with Crippen LogP contribution >= 0.6 is 0 Å². The van der Waals surface area contributed by atoms with Gasteiger partial charge in [-0.05, 0) is 32.7 Å². The summed E-state index contributed by atoms with van der Waals surface area (Å²) in [5, 5.41) is 8.05. The van der Waals surface area contributed by atoms with E-state index in [9.17, 15) is 4.79 Å². The standard InChI is InChI=1S/C17H31N7O/c1-21-10-12-22(13-11-21)8-5-15-4-2-3-7-24(15)17(25)16-14-23(9-6-18)20-19-16/h14-15H,2-13,18H2,1H3. The van der Waals surface area contributed by atoms with Crippen LogP contribution in [-0.4, -0.2) is 94.5 Å². The quantitative estimate of drug-likeness (QED) is 0.770. The highest BCUT2D eigenvalue weighted by atomic mass is 16.2. The van der Waals surface area contributed by atoms with E-state index >= 15 is 0 Å². The number of rotatable bonds is 6. The molecule has 8 nitrogen and oxygen atoms in total. The Bertz CT molecular complexity index is 553. The maximum atomic E-state index is 12.9. The molecule has 0 aliphatic carbocycles. The molecule has 0 bridgehead atoms. The molecule has 2 N–H and O–H groups in total. The highest BCUT2D eigenvalue weighted by Gasteiger charge is 2.29. The van der Waals surface area contributed by atoms with Crippen molar-refractivity contribution >= 4 is 5.91 Å². The number of likely N-dealkylation sites (tertiary alicyclic amines) is 1. The average molecular weight is 349 g/mol. The van der Waals surface area contributed by atoms with Gasteiger partial charge in [0.05, 0.1) is 12.7 Å². The largest absolute Gasteiger partial charge is 0.334 e. The van der Waals surface area contributed by atoms with Crippen molar-refractivity contribution in [2.75, 3.05) is 52.9 Å². The van der Waals surface area contributed by atoms with Gasteiger partial charge in [-0.15, -0.1) is 5.10 Å². The summed E-state index contributed by atoms with van der Waals surface area (Å²) < 4.78 is 1.65. The Hall–Kier alpha value is -1.51. The lowest BCUT2D eigenvalue weighted by Gasteiger charge is -2.38.